The summed E-state index contributed by atoms with van der Waals surface area (Å²) in [6.45, 7) is 5.10. The lowest BCUT2D eigenvalue weighted by molar-refractivity contribution is 0.0623. The molecular formula is C10H23NO3S. The Morgan fingerprint density at radius 2 is 2.07 bits per heavy atom. The van der Waals surface area contributed by atoms with Gasteiger partial charge < -0.3 is 19.9 Å². The molecular weight excluding hydrogens is 214 g/mol. The molecule has 0 radical (unpaired) electrons. The van der Waals surface area contributed by atoms with E-state index in [1.165, 1.54) is 0 Å². The Morgan fingerprint density at radius 1 is 1.33 bits per heavy atom. The summed E-state index contributed by atoms with van der Waals surface area (Å²) >= 11 is 1.65. The number of nitrogens with one attached hydrogen (secondary N) is 1. The van der Waals surface area contributed by atoms with Crippen molar-refractivity contribution in [2.24, 2.45) is 0 Å². The van der Waals surface area contributed by atoms with Gasteiger partial charge in [0.25, 0.3) is 0 Å². The van der Waals surface area contributed by atoms with E-state index in [4.69, 9.17) is 9.47 Å². The van der Waals surface area contributed by atoms with Crippen LogP contribution in [0.25, 0.3) is 0 Å². The van der Waals surface area contributed by atoms with Crippen LogP contribution in [-0.4, -0.2) is 62.7 Å². The average molecular weight is 237 g/mol. The average Bonchev–Trinajstić information content (AvgIpc) is 2.16. The van der Waals surface area contributed by atoms with Crippen molar-refractivity contribution in [3.8, 4) is 0 Å². The molecule has 0 fully saturated rings. The van der Waals surface area contributed by atoms with Gasteiger partial charge in [0, 0.05) is 26.0 Å². The highest BCUT2D eigenvalue weighted by Crippen LogP contribution is 2.08. The predicted molar refractivity (Wildman–Crippen MR) is 64.6 cm³/mol. The molecule has 0 bridgehead atoms. The van der Waals surface area contributed by atoms with Crippen LogP contribution in [0.1, 0.15) is 6.92 Å². The van der Waals surface area contributed by atoms with E-state index < -0.39 is 5.60 Å². The fourth-order valence-corrected chi connectivity index (χ4v) is 1.83. The van der Waals surface area contributed by atoms with E-state index in [1.54, 1.807) is 18.9 Å². The number of methoxy groups -OCH3 is 1. The summed E-state index contributed by atoms with van der Waals surface area (Å²) in [6.07, 6.45) is 1.99. The molecule has 0 heterocycles. The van der Waals surface area contributed by atoms with E-state index in [0.717, 1.165) is 12.3 Å². The molecule has 2 N–H and O–H groups in total. The number of thioether (sulfide) groups is 1. The van der Waals surface area contributed by atoms with Crippen molar-refractivity contribution in [3.05, 3.63) is 0 Å². The van der Waals surface area contributed by atoms with Crippen LogP contribution in [0.2, 0.25) is 0 Å². The zero-order valence-electron chi connectivity index (χ0n) is 9.91. The third-order valence-corrected chi connectivity index (χ3v) is 2.73. The highest BCUT2D eigenvalue weighted by Gasteiger charge is 2.18. The number of ether oxygens (including phenoxy) is 2. The Labute approximate surface area is 96.7 Å². The van der Waals surface area contributed by atoms with E-state index >= 15 is 0 Å². The Balaban J connectivity index is 3.22. The topological polar surface area (TPSA) is 50.7 Å². The highest BCUT2D eigenvalue weighted by atomic mass is 32.2. The summed E-state index contributed by atoms with van der Waals surface area (Å²) < 4.78 is 10.1. The first kappa shape index (κ1) is 15.2. The van der Waals surface area contributed by atoms with Crippen LogP contribution in [0.4, 0.5) is 0 Å². The largest absolute Gasteiger partial charge is 0.388 e. The molecule has 0 aliphatic carbocycles. The molecule has 0 rings (SSSR count). The van der Waals surface area contributed by atoms with Crippen LogP contribution >= 0.6 is 11.8 Å². The Kier molecular flexibility index (Phi) is 9.54. The van der Waals surface area contributed by atoms with Crippen molar-refractivity contribution < 1.29 is 14.6 Å². The van der Waals surface area contributed by atoms with E-state index in [9.17, 15) is 5.11 Å². The second-order valence-corrected chi connectivity index (χ2v) is 4.58. The normalized spacial score (nSPS) is 15.2. The Morgan fingerprint density at radius 3 is 2.67 bits per heavy atom. The molecule has 0 aromatic heterocycles. The summed E-state index contributed by atoms with van der Waals surface area (Å²) in [6, 6.07) is 0. The number of hydrogen-bond donors (Lipinski definition) is 2. The van der Waals surface area contributed by atoms with E-state index in [1.807, 2.05) is 13.2 Å². The first-order chi connectivity index (χ1) is 7.12. The molecule has 0 aromatic rings. The second kappa shape index (κ2) is 9.42. The lowest BCUT2D eigenvalue weighted by Gasteiger charge is -2.22. The molecule has 0 saturated heterocycles. The van der Waals surface area contributed by atoms with Gasteiger partial charge in [-0.3, -0.25) is 0 Å². The maximum atomic E-state index is 9.81. The zero-order valence-corrected chi connectivity index (χ0v) is 10.7. The van der Waals surface area contributed by atoms with Gasteiger partial charge >= 0.3 is 0 Å². The standard InChI is InChI=1S/C10H23NO3S/c1-10(12,9-15-3)8-11-4-5-14-7-6-13-2/h11-12H,4-9H2,1-3H3. The number of aliphatic hydroxyl groups is 1. The summed E-state index contributed by atoms with van der Waals surface area (Å²) in [5.41, 5.74) is -0.633. The second-order valence-electron chi connectivity index (χ2n) is 3.71. The van der Waals surface area contributed by atoms with Gasteiger partial charge in [0.2, 0.25) is 0 Å². The fraction of sp³-hybridized carbons (Fsp3) is 1.00. The lowest BCUT2D eigenvalue weighted by Crippen LogP contribution is -2.41. The van der Waals surface area contributed by atoms with E-state index in [2.05, 4.69) is 5.32 Å². The smallest absolute Gasteiger partial charge is 0.0833 e. The highest BCUT2D eigenvalue weighted by molar-refractivity contribution is 7.98. The molecule has 1 unspecified atom stereocenters. The van der Waals surface area contributed by atoms with Crippen LogP contribution in [0, 0.1) is 0 Å². The molecule has 0 aliphatic heterocycles. The monoisotopic (exact) mass is 237 g/mol. The first-order valence-corrected chi connectivity index (χ1v) is 6.50. The molecule has 0 spiro atoms. The minimum absolute atomic E-state index is 0.599. The Bertz CT molecular complexity index is 145. The number of rotatable bonds is 10. The lowest BCUT2D eigenvalue weighted by atomic mass is 10.1. The number of hydrogen-bond acceptors (Lipinski definition) is 5. The molecule has 0 aromatic carbocycles. The van der Waals surface area contributed by atoms with Crippen molar-refractivity contribution >= 4 is 11.8 Å². The SMILES string of the molecule is COCCOCCNCC(C)(O)CSC. The minimum atomic E-state index is -0.633. The van der Waals surface area contributed by atoms with Crippen molar-refractivity contribution in [3.63, 3.8) is 0 Å². The summed E-state index contributed by atoms with van der Waals surface area (Å²) in [4.78, 5) is 0. The van der Waals surface area contributed by atoms with E-state index in [0.29, 0.717) is 26.4 Å². The molecule has 5 heteroatoms. The molecule has 0 amide bonds. The maximum absolute atomic E-state index is 9.81. The quantitative estimate of drug-likeness (QED) is 0.537. The van der Waals surface area contributed by atoms with Gasteiger partial charge in [-0.05, 0) is 13.2 Å². The van der Waals surface area contributed by atoms with Crippen molar-refractivity contribution in [2.45, 2.75) is 12.5 Å². The summed E-state index contributed by atoms with van der Waals surface area (Å²) in [7, 11) is 1.65. The van der Waals surface area contributed by atoms with Gasteiger partial charge in [0.1, 0.15) is 0 Å². The minimum Gasteiger partial charge on any atom is -0.388 e. The maximum Gasteiger partial charge on any atom is 0.0833 e. The van der Waals surface area contributed by atoms with Crippen LogP contribution < -0.4 is 5.32 Å². The van der Waals surface area contributed by atoms with E-state index in [-0.39, 0.29) is 0 Å². The Hall–Kier alpha value is 0.190. The molecule has 92 valence electrons. The van der Waals surface area contributed by atoms with Gasteiger partial charge in [0.15, 0.2) is 0 Å². The predicted octanol–water partition coefficient (Wildman–Crippen LogP) is 0.353. The first-order valence-electron chi connectivity index (χ1n) is 5.11. The summed E-state index contributed by atoms with van der Waals surface area (Å²) in [5.74, 6) is 0.741. The molecule has 0 aliphatic rings. The van der Waals surface area contributed by atoms with Crippen LogP contribution in [0.15, 0.2) is 0 Å². The van der Waals surface area contributed by atoms with Gasteiger partial charge in [-0.2, -0.15) is 11.8 Å². The van der Waals surface area contributed by atoms with Gasteiger partial charge in [0.05, 0.1) is 25.4 Å². The van der Waals surface area contributed by atoms with Gasteiger partial charge in [-0.15, -0.1) is 0 Å². The fourth-order valence-electron chi connectivity index (χ4n) is 1.11. The third kappa shape index (κ3) is 10.5. The summed E-state index contributed by atoms with van der Waals surface area (Å²) in [5, 5.41) is 13.0. The van der Waals surface area contributed by atoms with Crippen LogP contribution in [0.5, 0.6) is 0 Å². The van der Waals surface area contributed by atoms with Gasteiger partial charge in [-0.25, -0.2) is 0 Å². The van der Waals surface area contributed by atoms with Gasteiger partial charge in [-0.1, -0.05) is 0 Å². The van der Waals surface area contributed by atoms with Crippen LogP contribution in [0.3, 0.4) is 0 Å². The molecule has 4 nitrogen and oxygen atoms in total. The zero-order chi connectivity index (χ0) is 11.6. The molecule has 0 saturated carbocycles. The van der Waals surface area contributed by atoms with Crippen molar-refractivity contribution in [1.82, 2.24) is 5.32 Å². The van der Waals surface area contributed by atoms with Crippen molar-refractivity contribution in [1.29, 1.82) is 0 Å². The van der Waals surface area contributed by atoms with Crippen LogP contribution in [-0.2, 0) is 9.47 Å². The molecule has 15 heavy (non-hydrogen) atoms. The van der Waals surface area contributed by atoms with Crippen molar-refractivity contribution in [2.75, 3.05) is 52.0 Å². The third-order valence-electron chi connectivity index (χ3n) is 1.82. The molecule has 1 atom stereocenters.